The van der Waals surface area contributed by atoms with E-state index in [-0.39, 0.29) is 0 Å². The highest BCUT2D eigenvalue weighted by Crippen LogP contribution is 2.22. The van der Waals surface area contributed by atoms with Gasteiger partial charge >= 0.3 is 0 Å². The van der Waals surface area contributed by atoms with Gasteiger partial charge in [-0.15, -0.1) is 0 Å². The second-order valence-corrected chi connectivity index (χ2v) is 7.02. The van der Waals surface area contributed by atoms with E-state index in [2.05, 4.69) is 46.3 Å². The molecule has 1 aromatic rings. The first-order valence-electron chi connectivity index (χ1n) is 8.09. The smallest absolute Gasteiger partial charge is 0.231 e. The van der Waals surface area contributed by atoms with Crippen LogP contribution in [0.15, 0.2) is 6.07 Å². The van der Waals surface area contributed by atoms with Crippen molar-refractivity contribution in [3.05, 3.63) is 11.8 Å². The largest absolute Gasteiger partial charge is 0.362 e. The van der Waals surface area contributed by atoms with Gasteiger partial charge in [-0.1, -0.05) is 20.8 Å². The van der Waals surface area contributed by atoms with Crippen molar-refractivity contribution in [3.8, 4) is 0 Å². The molecule has 0 spiro atoms. The molecular weight excluding hydrogens is 294 g/mol. The maximum absolute atomic E-state index is 5.30. The molecule has 0 aromatic carbocycles. The number of anilines is 2. The van der Waals surface area contributed by atoms with E-state index in [1.807, 2.05) is 13.0 Å². The van der Waals surface area contributed by atoms with Crippen molar-refractivity contribution in [2.75, 3.05) is 29.9 Å². The van der Waals surface area contributed by atoms with Crippen LogP contribution in [0, 0.1) is 18.8 Å². The monoisotopic (exact) mass is 321 g/mol. The second kappa shape index (κ2) is 7.72. The summed E-state index contributed by atoms with van der Waals surface area (Å²) in [4.78, 5) is 11.4. The molecule has 1 fully saturated rings. The van der Waals surface area contributed by atoms with Crippen LogP contribution in [-0.4, -0.2) is 34.7 Å². The fourth-order valence-electron chi connectivity index (χ4n) is 2.61. The summed E-state index contributed by atoms with van der Waals surface area (Å²) in [5.41, 5.74) is 0.956. The Kier molecular flexibility index (Phi) is 5.94. The number of hydrogen-bond donors (Lipinski definition) is 2. The number of aryl methyl sites for hydroxylation is 1. The third-order valence-electron chi connectivity index (χ3n) is 3.72. The summed E-state index contributed by atoms with van der Waals surface area (Å²) in [5.74, 6) is 2.83. The van der Waals surface area contributed by atoms with Gasteiger partial charge < -0.3 is 15.5 Å². The predicted molar refractivity (Wildman–Crippen MR) is 96.4 cm³/mol. The fourth-order valence-corrected chi connectivity index (χ4v) is 2.78. The van der Waals surface area contributed by atoms with Crippen LogP contribution in [0.4, 0.5) is 11.8 Å². The molecule has 0 amide bonds. The number of hydrogen-bond acceptors (Lipinski definition) is 4. The molecule has 122 valence electrons. The standard InChI is InChI=1S/C16H27N5S/c1-11(2)9-17-16(22)20-15-18-13(4)8-14(19-15)21-7-5-6-12(3)10-21/h8,11-12H,5-7,9-10H2,1-4H3,(H2,17,18,19,20,22)/t12-/m0/s1. The topological polar surface area (TPSA) is 53.1 Å². The van der Waals surface area contributed by atoms with Gasteiger partial charge in [0.05, 0.1) is 0 Å². The average molecular weight is 321 g/mol. The van der Waals surface area contributed by atoms with Crippen LogP contribution in [0.1, 0.15) is 39.3 Å². The summed E-state index contributed by atoms with van der Waals surface area (Å²) in [6.07, 6.45) is 2.52. The molecule has 0 saturated carbocycles. The van der Waals surface area contributed by atoms with Crippen LogP contribution in [-0.2, 0) is 0 Å². The van der Waals surface area contributed by atoms with Crippen molar-refractivity contribution >= 4 is 29.1 Å². The zero-order valence-electron chi connectivity index (χ0n) is 14.0. The number of aromatic nitrogens is 2. The minimum absolute atomic E-state index is 0.545. The summed E-state index contributed by atoms with van der Waals surface area (Å²) in [6.45, 7) is 11.6. The lowest BCUT2D eigenvalue weighted by molar-refractivity contribution is 0.444. The zero-order valence-corrected chi connectivity index (χ0v) is 14.8. The average Bonchev–Trinajstić information content (AvgIpc) is 2.44. The normalized spacial score (nSPS) is 18.4. The Bertz CT molecular complexity index is 517. The van der Waals surface area contributed by atoms with E-state index in [0.717, 1.165) is 31.1 Å². The summed E-state index contributed by atoms with van der Waals surface area (Å²) >= 11 is 5.30. The van der Waals surface area contributed by atoms with E-state index < -0.39 is 0 Å². The molecule has 0 radical (unpaired) electrons. The molecule has 1 aliphatic rings. The van der Waals surface area contributed by atoms with E-state index in [1.54, 1.807) is 0 Å². The fraction of sp³-hybridized carbons (Fsp3) is 0.688. The van der Waals surface area contributed by atoms with Gasteiger partial charge in [-0.25, -0.2) is 4.98 Å². The van der Waals surface area contributed by atoms with E-state index in [9.17, 15) is 0 Å². The van der Waals surface area contributed by atoms with Crippen LogP contribution in [0.2, 0.25) is 0 Å². The third-order valence-corrected chi connectivity index (χ3v) is 3.96. The Balaban J connectivity index is 2.04. The number of thiocarbonyl (C=S) groups is 1. The lowest BCUT2D eigenvalue weighted by Crippen LogP contribution is -2.35. The molecule has 2 rings (SSSR count). The highest BCUT2D eigenvalue weighted by atomic mass is 32.1. The minimum atomic E-state index is 0.545. The number of nitrogens with one attached hydrogen (secondary N) is 2. The Morgan fingerprint density at radius 1 is 1.45 bits per heavy atom. The minimum Gasteiger partial charge on any atom is -0.362 e. The third kappa shape index (κ3) is 5.09. The zero-order chi connectivity index (χ0) is 16.1. The van der Waals surface area contributed by atoms with Gasteiger partial charge in [0.15, 0.2) is 5.11 Å². The van der Waals surface area contributed by atoms with Crippen molar-refractivity contribution in [1.82, 2.24) is 15.3 Å². The lowest BCUT2D eigenvalue weighted by Gasteiger charge is -2.32. The first kappa shape index (κ1) is 16.9. The van der Waals surface area contributed by atoms with Crippen LogP contribution < -0.4 is 15.5 Å². The maximum Gasteiger partial charge on any atom is 0.231 e. The van der Waals surface area contributed by atoms with Gasteiger partial charge in [0, 0.05) is 31.4 Å². The van der Waals surface area contributed by atoms with Crippen molar-refractivity contribution in [2.24, 2.45) is 11.8 Å². The second-order valence-electron chi connectivity index (χ2n) is 6.61. The van der Waals surface area contributed by atoms with Crippen molar-refractivity contribution < 1.29 is 0 Å². The lowest BCUT2D eigenvalue weighted by atomic mass is 10.0. The van der Waals surface area contributed by atoms with Crippen LogP contribution >= 0.6 is 12.2 Å². The quantitative estimate of drug-likeness (QED) is 0.832. The molecule has 0 unspecified atom stereocenters. The number of nitrogens with zero attached hydrogens (tertiary/aromatic N) is 3. The molecule has 6 heteroatoms. The van der Waals surface area contributed by atoms with E-state index in [4.69, 9.17) is 12.2 Å². The Morgan fingerprint density at radius 2 is 2.23 bits per heavy atom. The molecule has 2 N–H and O–H groups in total. The molecule has 1 atom stereocenters. The van der Waals surface area contributed by atoms with Crippen molar-refractivity contribution in [3.63, 3.8) is 0 Å². The molecular formula is C16H27N5S. The Hall–Kier alpha value is -1.43. The molecule has 1 saturated heterocycles. The molecule has 22 heavy (non-hydrogen) atoms. The SMILES string of the molecule is Cc1cc(N2CCC[C@H](C)C2)nc(NC(=S)NCC(C)C)n1. The molecule has 1 aromatic heterocycles. The van der Waals surface area contributed by atoms with Crippen molar-refractivity contribution in [2.45, 2.75) is 40.5 Å². The van der Waals surface area contributed by atoms with Gasteiger partial charge in [0.25, 0.3) is 0 Å². The van der Waals surface area contributed by atoms with Crippen LogP contribution in [0.5, 0.6) is 0 Å². The van der Waals surface area contributed by atoms with Crippen LogP contribution in [0.3, 0.4) is 0 Å². The highest BCUT2D eigenvalue weighted by molar-refractivity contribution is 7.80. The molecule has 0 aliphatic carbocycles. The predicted octanol–water partition coefficient (Wildman–Crippen LogP) is 2.96. The highest BCUT2D eigenvalue weighted by Gasteiger charge is 2.18. The number of rotatable bonds is 4. The van der Waals surface area contributed by atoms with Gasteiger partial charge in [-0.05, 0) is 43.8 Å². The van der Waals surface area contributed by atoms with E-state index >= 15 is 0 Å². The first-order chi connectivity index (χ1) is 10.4. The number of piperidine rings is 1. The van der Waals surface area contributed by atoms with Crippen LogP contribution in [0.25, 0.3) is 0 Å². The van der Waals surface area contributed by atoms with Gasteiger partial charge in [-0.3, -0.25) is 0 Å². The Morgan fingerprint density at radius 3 is 2.91 bits per heavy atom. The van der Waals surface area contributed by atoms with Gasteiger partial charge in [0.2, 0.25) is 5.95 Å². The molecule has 2 heterocycles. The van der Waals surface area contributed by atoms with E-state index in [1.165, 1.54) is 12.8 Å². The van der Waals surface area contributed by atoms with E-state index in [0.29, 0.717) is 22.9 Å². The summed E-state index contributed by atoms with van der Waals surface area (Å²) in [5, 5.41) is 6.86. The van der Waals surface area contributed by atoms with Gasteiger partial charge in [-0.2, -0.15) is 4.98 Å². The molecule has 1 aliphatic heterocycles. The first-order valence-corrected chi connectivity index (χ1v) is 8.50. The van der Waals surface area contributed by atoms with Crippen molar-refractivity contribution in [1.29, 1.82) is 0 Å². The summed E-state index contributed by atoms with van der Waals surface area (Å²) in [7, 11) is 0. The molecule has 0 bridgehead atoms. The molecule has 5 nitrogen and oxygen atoms in total. The Labute approximate surface area is 138 Å². The summed E-state index contributed by atoms with van der Waals surface area (Å²) in [6, 6.07) is 2.05. The summed E-state index contributed by atoms with van der Waals surface area (Å²) < 4.78 is 0. The van der Waals surface area contributed by atoms with Gasteiger partial charge in [0.1, 0.15) is 5.82 Å². The maximum atomic E-state index is 5.30.